The highest BCUT2D eigenvalue weighted by atomic mass is 15.1. The van der Waals surface area contributed by atoms with Crippen LogP contribution in [0.25, 0.3) is 0 Å². The van der Waals surface area contributed by atoms with Crippen molar-refractivity contribution in [1.82, 2.24) is 5.32 Å². The Balaban J connectivity index is 2.59. The molecule has 1 atom stereocenters. The van der Waals surface area contributed by atoms with Gasteiger partial charge >= 0.3 is 0 Å². The van der Waals surface area contributed by atoms with Gasteiger partial charge in [-0.3, -0.25) is 0 Å². The summed E-state index contributed by atoms with van der Waals surface area (Å²) in [5, 5.41) is 6.25. The summed E-state index contributed by atoms with van der Waals surface area (Å²) in [6.45, 7) is 2.07. The first kappa shape index (κ1) is 8.87. The van der Waals surface area contributed by atoms with E-state index in [2.05, 4.69) is 22.5 Å². The highest BCUT2D eigenvalue weighted by molar-refractivity contribution is 5.85. The van der Waals surface area contributed by atoms with E-state index in [0.717, 1.165) is 11.4 Å². The number of anilines is 1. The lowest BCUT2D eigenvalue weighted by Crippen LogP contribution is -2.36. The fourth-order valence-electron chi connectivity index (χ4n) is 1.78. The molecular weight excluding hydrogens is 176 g/mol. The number of fused-ring (bicyclic) bond motifs is 1. The zero-order valence-corrected chi connectivity index (χ0v) is 8.33. The zero-order valence-electron chi connectivity index (χ0n) is 8.33. The monoisotopic (exact) mass is 190 g/mol. The summed E-state index contributed by atoms with van der Waals surface area (Å²) in [4.78, 5) is 4.25. The van der Waals surface area contributed by atoms with E-state index in [1.807, 2.05) is 25.2 Å². The number of nitrogens with one attached hydrogen (secondary N) is 2. The van der Waals surface area contributed by atoms with Gasteiger partial charge in [0.25, 0.3) is 0 Å². The van der Waals surface area contributed by atoms with Crippen molar-refractivity contribution < 1.29 is 0 Å². The largest absolute Gasteiger partial charge is 0.388 e. The first-order valence-corrected chi connectivity index (χ1v) is 4.63. The third-order valence-corrected chi connectivity index (χ3v) is 2.39. The number of hydrogen-bond donors (Lipinski definition) is 3. The van der Waals surface area contributed by atoms with E-state index < -0.39 is 0 Å². The summed E-state index contributed by atoms with van der Waals surface area (Å²) in [6, 6.07) is 6.18. The van der Waals surface area contributed by atoms with Crippen LogP contribution in [-0.2, 0) is 0 Å². The fraction of sp³-hybridized carbons (Fsp3) is 0.300. The Morgan fingerprint density at radius 1 is 1.50 bits per heavy atom. The second-order valence-electron chi connectivity index (χ2n) is 3.35. The molecule has 0 saturated carbocycles. The summed E-state index contributed by atoms with van der Waals surface area (Å²) in [6.07, 6.45) is 0. The van der Waals surface area contributed by atoms with Gasteiger partial charge in [-0.2, -0.15) is 0 Å². The van der Waals surface area contributed by atoms with E-state index in [4.69, 9.17) is 5.73 Å². The Kier molecular flexibility index (Phi) is 2.04. The molecule has 74 valence electrons. The molecule has 2 rings (SSSR count). The molecule has 1 aromatic rings. The third-order valence-electron chi connectivity index (χ3n) is 2.39. The molecule has 1 aliphatic heterocycles. The van der Waals surface area contributed by atoms with E-state index in [1.165, 1.54) is 5.56 Å². The third kappa shape index (κ3) is 1.28. The van der Waals surface area contributed by atoms with E-state index in [9.17, 15) is 0 Å². The van der Waals surface area contributed by atoms with Crippen molar-refractivity contribution in [3.05, 3.63) is 23.8 Å². The molecular formula is C10H14N4. The second-order valence-corrected chi connectivity index (χ2v) is 3.35. The van der Waals surface area contributed by atoms with Crippen LogP contribution in [0, 0.1) is 0 Å². The minimum absolute atomic E-state index is 0.200. The highest BCUT2D eigenvalue weighted by Gasteiger charge is 2.19. The van der Waals surface area contributed by atoms with Crippen LogP contribution in [0.1, 0.15) is 18.5 Å². The van der Waals surface area contributed by atoms with E-state index in [1.54, 1.807) is 0 Å². The molecule has 0 bridgehead atoms. The zero-order chi connectivity index (χ0) is 10.1. The number of hydrogen-bond acceptors (Lipinski definition) is 4. The van der Waals surface area contributed by atoms with E-state index in [-0.39, 0.29) is 6.04 Å². The van der Waals surface area contributed by atoms with Gasteiger partial charge in [0, 0.05) is 18.3 Å². The molecule has 1 heterocycles. The quantitative estimate of drug-likeness (QED) is 0.626. The minimum Gasteiger partial charge on any atom is -0.388 e. The highest BCUT2D eigenvalue weighted by Crippen LogP contribution is 2.34. The molecule has 4 heteroatoms. The Labute approximate surface area is 83.2 Å². The van der Waals surface area contributed by atoms with Crippen LogP contribution in [0.5, 0.6) is 0 Å². The number of aliphatic imine (C=N–C) groups is 1. The van der Waals surface area contributed by atoms with Gasteiger partial charge in [0.2, 0.25) is 0 Å². The van der Waals surface area contributed by atoms with E-state index >= 15 is 0 Å². The maximum atomic E-state index is 5.65. The molecule has 1 unspecified atom stereocenters. The molecule has 0 saturated heterocycles. The SMILES string of the molecule is CNc1cccc2c1C(C)NC(N)=N2. The van der Waals surface area contributed by atoms with Crippen LogP contribution in [0.15, 0.2) is 23.2 Å². The van der Waals surface area contributed by atoms with Gasteiger partial charge in [-0.1, -0.05) is 6.07 Å². The summed E-state index contributed by atoms with van der Waals surface area (Å²) in [7, 11) is 1.91. The molecule has 0 fully saturated rings. The number of guanidine groups is 1. The molecule has 4 N–H and O–H groups in total. The Morgan fingerprint density at radius 3 is 3.00 bits per heavy atom. The smallest absolute Gasteiger partial charge is 0.194 e. The molecule has 0 amide bonds. The maximum absolute atomic E-state index is 5.65. The van der Waals surface area contributed by atoms with Crippen LogP contribution in [-0.4, -0.2) is 13.0 Å². The first-order chi connectivity index (χ1) is 6.72. The van der Waals surface area contributed by atoms with E-state index in [0.29, 0.717) is 5.96 Å². The van der Waals surface area contributed by atoms with Gasteiger partial charge in [-0.05, 0) is 19.1 Å². The summed E-state index contributed by atoms with van der Waals surface area (Å²) >= 11 is 0. The van der Waals surface area contributed by atoms with Gasteiger partial charge in [-0.25, -0.2) is 4.99 Å². The second kappa shape index (κ2) is 3.21. The minimum atomic E-state index is 0.200. The summed E-state index contributed by atoms with van der Waals surface area (Å²) in [5.41, 5.74) is 8.86. The van der Waals surface area contributed by atoms with Crippen LogP contribution < -0.4 is 16.4 Å². The average molecular weight is 190 g/mol. The molecule has 1 aliphatic rings. The van der Waals surface area contributed by atoms with Crippen molar-refractivity contribution in [2.45, 2.75) is 13.0 Å². The number of nitrogens with two attached hydrogens (primary N) is 1. The molecule has 1 aromatic carbocycles. The molecule has 4 nitrogen and oxygen atoms in total. The number of nitrogens with zero attached hydrogens (tertiary/aromatic N) is 1. The summed E-state index contributed by atoms with van der Waals surface area (Å²) in [5.74, 6) is 0.484. The van der Waals surface area contributed by atoms with Gasteiger partial charge in [0.1, 0.15) is 0 Å². The lowest BCUT2D eigenvalue weighted by molar-refractivity contribution is 0.702. The number of rotatable bonds is 1. The predicted octanol–water partition coefficient (Wildman–Crippen LogP) is 1.34. The maximum Gasteiger partial charge on any atom is 0.194 e. The summed E-state index contributed by atoms with van der Waals surface area (Å²) < 4.78 is 0. The van der Waals surface area contributed by atoms with Crippen LogP contribution >= 0.6 is 0 Å². The first-order valence-electron chi connectivity index (χ1n) is 4.63. The van der Waals surface area contributed by atoms with Crippen molar-refractivity contribution in [2.75, 3.05) is 12.4 Å². The van der Waals surface area contributed by atoms with Crippen LogP contribution in [0.3, 0.4) is 0 Å². The molecule has 0 aromatic heterocycles. The van der Waals surface area contributed by atoms with Crippen LogP contribution in [0.4, 0.5) is 11.4 Å². The molecule has 14 heavy (non-hydrogen) atoms. The topological polar surface area (TPSA) is 62.4 Å². The lowest BCUT2D eigenvalue weighted by atomic mass is 10.0. The standard InChI is InChI=1S/C10H14N4/c1-6-9-7(12-2)4-3-5-8(9)14-10(11)13-6/h3-6,12H,1-2H3,(H3,11,13,14). The molecule has 0 aliphatic carbocycles. The van der Waals surface area contributed by atoms with Crippen molar-refractivity contribution >= 4 is 17.3 Å². The van der Waals surface area contributed by atoms with Crippen molar-refractivity contribution in [1.29, 1.82) is 0 Å². The Bertz CT molecular complexity index is 384. The van der Waals surface area contributed by atoms with Gasteiger partial charge < -0.3 is 16.4 Å². The Morgan fingerprint density at radius 2 is 2.29 bits per heavy atom. The Hall–Kier alpha value is -1.71. The van der Waals surface area contributed by atoms with Gasteiger partial charge in [0.15, 0.2) is 5.96 Å². The molecule has 0 spiro atoms. The van der Waals surface area contributed by atoms with Crippen molar-refractivity contribution in [2.24, 2.45) is 10.7 Å². The fourth-order valence-corrected chi connectivity index (χ4v) is 1.78. The lowest BCUT2D eigenvalue weighted by Gasteiger charge is -2.24. The van der Waals surface area contributed by atoms with Crippen molar-refractivity contribution in [3.8, 4) is 0 Å². The van der Waals surface area contributed by atoms with Crippen LogP contribution in [0.2, 0.25) is 0 Å². The number of benzene rings is 1. The predicted molar refractivity (Wildman–Crippen MR) is 58.8 cm³/mol. The average Bonchev–Trinajstić information content (AvgIpc) is 2.16. The molecule has 0 radical (unpaired) electrons. The van der Waals surface area contributed by atoms with Gasteiger partial charge in [-0.15, -0.1) is 0 Å². The van der Waals surface area contributed by atoms with Gasteiger partial charge in [0.05, 0.1) is 11.7 Å². The normalized spacial score (nSPS) is 19.3. The van der Waals surface area contributed by atoms with Crippen molar-refractivity contribution in [3.63, 3.8) is 0 Å².